The molecule has 0 fully saturated rings. The number of likely N-dealkylation sites (N-methyl/N-ethyl adjacent to an activating group) is 1. The molecule has 0 spiro atoms. The summed E-state index contributed by atoms with van der Waals surface area (Å²) in [6.45, 7) is 1.22. The van der Waals surface area contributed by atoms with Crippen molar-refractivity contribution in [3.05, 3.63) is 71.3 Å². The molecule has 0 saturated carbocycles. The zero-order chi connectivity index (χ0) is 17.8. The second-order valence-corrected chi connectivity index (χ2v) is 6.80. The van der Waals surface area contributed by atoms with E-state index in [1.807, 2.05) is 51.5 Å². The van der Waals surface area contributed by atoms with Crippen LogP contribution in [0.2, 0.25) is 0 Å². The highest BCUT2D eigenvalue weighted by Gasteiger charge is 2.31. The molecule has 0 heterocycles. The number of nitrogens with zero attached hydrogens (tertiary/aromatic N) is 1. The molecule has 24 heavy (non-hydrogen) atoms. The molecule has 2 nitrogen and oxygen atoms in total. The summed E-state index contributed by atoms with van der Waals surface area (Å²) in [6.07, 6.45) is -4.88. The Morgan fingerprint density at radius 3 is 2.12 bits per heavy atom. The summed E-state index contributed by atoms with van der Waals surface area (Å²) >= 11 is 0. The predicted molar refractivity (Wildman–Crippen MR) is 88.6 cm³/mol. The van der Waals surface area contributed by atoms with Crippen molar-refractivity contribution in [2.75, 3.05) is 34.3 Å². The second kappa shape index (κ2) is 7.36. The van der Waals surface area contributed by atoms with Crippen molar-refractivity contribution >= 4 is 0 Å². The predicted octanol–water partition coefficient (Wildman–Crippen LogP) is 4.52. The summed E-state index contributed by atoms with van der Waals surface area (Å²) in [6, 6.07) is 14.7. The zero-order valence-electron chi connectivity index (χ0n) is 14.2. The smallest absolute Gasteiger partial charge is 0.363 e. The molecule has 0 amide bonds. The molecule has 0 saturated heterocycles. The summed E-state index contributed by atoms with van der Waals surface area (Å²) in [4.78, 5) is 0. The van der Waals surface area contributed by atoms with Gasteiger partial charge in [0.2, 0.25) is 0 Å². The Morgan fingerprint density at radius 2 is 1.54 bits per heavy atom. The lowest BCUT2D eigenvalue weighted by Crippen LogP contribution is -2.37. The summed E-state index contributed by atoms with van der Waals surface area (Å²) in [7, 11) is 6.14. The largest absolute Gasteiger partial charge is 0.416 e. The van der Waals surface area contributed by atoms with Crippen molar-refractivity contribution in [2.24, 2.45) is 0 Å². The molecule has 0 radical (unpaired) electrons. The van der Waals surface area contributed by atoms with Gasteiger partial charge in [-0.25, -0.2) is 0 Å². The van der Waals surface area contributed by atoms with E-state index in [4.69, 9.17) is 4.74 Å². The molecule has 2 rings (SSSR count). The van der Waals surface area contributed by atoms with Crippen LogP contribution < -0.4 is 0 Å². The van der Waals surface area contributed by atoms with Crippen molar-refractivity contribution in [3.8, 4) is 0 Å². The number of quaternary nitrogens is 1. The number of ether oxygens (including phenoxy) is 1. The van der Waals surface area contributed by atoms with Gasteiger partial charge in [-0.15, -0.1) is 0 Å². The average molecular weight is 338 g/mol. The van der Waals surface area contributed by atoms with Crippen LogP contribution in [0, 0.1) is 0 Å². The lowest BCUT2D eigenvalue weighted by atomic mass is 9.99. The molecule has 0 aromatic heterocycles. The standard InChI is InChI=1S/C19H23F3NO/c1-23(2,3)12-13-24-18(15-8-5-4-6-9-15)16-10-7-11-17(14-16)19(20,21)22/h4-11,14,18H,12-13H2,1-3H3/q+1. The van der Waals surface area contributed by atoms with Crippen LogP contribution >= 0.6 is 0 Å². The molecular weight excluding hydrogens is 315 g/mol. The summed E-state index contributed by atoms with van der Waals surface area (Å²) in [5, 5.41) is 0. The van der Waals surface area contributed by atoms with Gasteiger partial charge in [-0.1, -0.05) is 42.5 Å². The van der Waals surface area contributed by atoms with Crippen molar-refractivity contribution in [1.82, 2.24) is 0 Å². The van der Waals surface area contributed by atoms with E-state index < -0.39 is 17.8 Å². The molecule has 1 atom stereocenters. The molecule has 0 aliphatic heterocycles. The van der Waals surface area contributed by atoms with E-state index in [1.54, 1.807) is 6.07 Å². The molecule has 0 N–H and O–H groups in total. The normalized spacial score (nSPS) is 13.8. The van der Waals surface area contributed by atoms with Crippen molar-refractivity contribution < 1.29 is 22.4 Å². The van der Waals surface area contributed by atoms with E-state index in [9.17, 15) is 13.2 Å². The Balaban J connectivity index is 2.29. The zero-order valence-corrected chi connectivity index (χ0v) is 14.2. The average Bonchev–Trinajstić information content (AvgIpc) is 2.51. The summed E-state index contributed by atoms with van der Waals surface area (Å²) < 4.78 is 45.7. The minimum Gasteiger partial charge on any atom is -0.363 e. The highest BCUT2D eigenvalue weighted by atomic mass is 19.4. The SMILES string of the molecule is C[N+](C)(C)CCOC(c1ccccc1)c1cccc(C(F)(F)F)c1. The molecule has 2 aromatic carbocycles. The van der Waals surface area contributed by atoms with Crippen LogP contribution in [-0.2, 0) is 10.9 Å². The third-order valence-corrected chi connectivity index (χ3v) is 3.67. The monoisotopic (exact) mass is 338 g/mol. The van der Waals surface area contributed by atoms with E-state index in [2.05, 4.69) is 0 Å². The molecule has 5 heteroatoms. The van der Waals surface area contributed by atoms with E-state index >= 15 is 0 Å². The van der Waals surface area contributed by atoms with Crippen LogP contribution in [0.1, 0.15) is 22.8 Å². The van der Waals surface area contributed by atoms with Crippen molar-refractivity contribution in [1.29, 1.82) is 0 Å². The first kappa shape index (κ1) is 18.5. The summed E-state index contributed by atoms with van der Waals surface area (Å²) in [5.41, 5.74) is 0.701. The molecule has 130 valence electrons. The second-order valence-electron chi connectivity index (χ2n) is 6.80. The van der Waals surface area contributed by atoms with Gasteiger partial charge in [0.25, 0.3) is 0 Å². The fourth-order valence-corrected chi connectivity index (χ4v) is 2.34. The lowest BCUT2D eigenvalue weighted by molar-refractivity contribution is -0.870. The van der Waals surface area contributed by atoms with Crippen LogP contribution in [0.25, 0.3) is 0 Å². The van der Waals surface area contributed by atoms with Gasteiger partial charge in [-0.3, -0.25) is 0 Å². The Morgan fingerprint density at radius 1 is 0.917 bits per heavy atom. The van der Waals surface area contributed by atoms with E-state index in [1.165, 1.54) is 12.1 Å². The first-order valence-electron chi connectivity index (χ1n) is 7.81. The van der Waals surface area contributed by atoms with Gasteiger partial charge in [-0.05, 0) is 23.3 Å². The first-order chi connectivity index (χ1) is 11.2. The topological polar surface area (TPSA) is 9.23 Å². The number of hydrogen-bond acceptors (Lipinski definition) is 1. The summed E-state index contributed by atoms with van der Waals surface area (Å²) in [5.74, 6) is 0. The minimum atomic E-state index is -4.36. The fourth-order valence-electron chi connectivity index (χ4n) is 2.34. The molecular formula is C19H23F3NO+. The lowest BCUT2D eigenvalue weighted by Gasteiger charge is -2.26. The van der Waals surface area contributed by atoms with Crippen LogP contribution in [-0.4, -0.2) is 38.8 Å². The maximum Gasteiger partial charge on any atom is 0.416 e. The maximum absolute atomic E-state index is 13.0. The van der Waals surface area contributed by atoms with Crippen molar-refractivity contribution in [3.63, 3.8) is 0 Å². The highest BCUT2D eigenvalue weighted by Crippen LogP contribution is 2.33. The highest BCUT2D eigenvalue weighted by molar-refractivity contribution is 5.34. The van der Waals surface area contributed by atoms with Gasteiger partial charge < -0.3 is 9.22 Å². The van der Waals surface area contributed by atoms with Crippen LogP contribution in [0.4, 0.5) is 13.2 Å². The number of halogens is 3. The van der Waals surface area contributed by atoms with Crippen molar-refractivity contribution in [2.45, 2.75) is 12.3 Å². The van der Waals surface area contributed by atoms with Gasteiger partial charge in [0, 0.05) is 0 Å². The van der Waals surface area contributed by atoms with Gasteiger partial charge in [0.15, 0.2) is 0 Å². The Kier molecular flexibility index (Phi) is 5.67. The third-order valence-electron chi connectivity index (χ3n) is 3.67. The van der Waals surface area contributed by atoms with Gasteiger partial charge >= 0.3 is 6.18 Å². The molecule has 1 unspecified atom stereocenters. The van der Waals surface area contributed by atoms with E-state index in [0.717, 1.165) is 22.7 Å². The Hall–Kier alpha value is -1.85. The van der Waals surface area contributed by atoms with E-state index in [0.29, 0.717) is 12.2 Å². The number of alkyl halides is 3. The van der Waals surface area contributed by atoms with Gasteiger partial charge in [0.05, 0.1) is 33.3 Å². The molecule has 2 aromatic rings. The molecule has 0 aliphatic carbocycles. The third kappa shape index (κ3) is 5.35. The van der Waals surface area contributed by atoms with Gasteiger partial charge in [-0.2, -0.15) is 13.2 Å². The quantitative estimate of drug-likeness (QED) is 0.704. The molecule has 0 bridgehead atoms. The van der Waals surface area contributed by atoms with Crippen LogP contribution in [0.3, 0.4) is 0 Å². The van der Waals surface area contributed by atoms with Crippen LogP contribution in [0.5, 0.6) is 0 Å². The number of hydrogen-bond donors (Lipinski definition) is 0. The first-order valence-corrected chi connectivity index (χ1v) is 7.81. The Bertz CT molecular complexity index is 648. The fraction of sp³-hybridized carbons (Fsp3) is 0.368. The maximum atomic E-state index is 13.0. The number of rotatable bonds is 6. The van der Waals surface area contributed by atoms with Gasteiger partial charge in [0.1, 0.15) is 12.6 Å². The Labute approximate surface area is 141 Å². The van der Waals surface area contributed by atoms with Crippen LogP contribution in [0.15, 0.2) is 54.6 Å². The molecule has 0 aliphatic rings. The minimum absolute atomic E-state index is 0.458. The number of benzene rings is 2. The van der Waals surface area contributed by atoms with E-state index in [-0.39, 0.29) is 0 Å².